The minimum Gasteiger partial charge on any atom is -0.480 e. The molecule has 1 unspecified atom stereocenters. The molecule has 116 valence electrons. The number of carboxylic acid groups (broad SMARTS) is 1. The summed E-state index contributed by atoms with van der Waals surface area (Å²) in [6, 6.07) is 1.92. The average Bonchev–Trinajstić information content (AvgIpc) is 3.09. The SMILES string of the molecule is CS(=O)(=O)NCc1ccc(C(=O)NC(C(=O)O)C2CC2)o1. The Morgan fingerprint density at radius 1 is 1.43 bits per heavy atom. The molecule has 3 N–H and O–H groups in total. The van der Waals surface area contributed by atoms with Gasteiger partial charge in [-0.05, 0) is 30.9 Å². The van der Waals surface area contributed by atoms with Crippen LogP contribution in [0.3, 0.4) is 0 Å². The van der Waals surface area contributed by atoms with Gasteiger partial charge in [-0.25, -0.2) is 17.9 Å². The Balaban J connectivity index is 1.96. The molecular weight excluding hydrogens is 300 g/mol. The molecule has 1 amide bonds. The summed E-state index contributed by atoms with van der Waals surface area (Å²) >= 11 is 0. The van der Waals surface area contributed by atoms with E-state index >= 15 is 0 Å². The summed E-state index contributed by atoms with van der Waals surface area (Å²) in [5, 5.41) is 11.4. The molecular formula is C12H16N2O6S. The van der Waals surface area contributed by atoms with Crippen LogP contribution in [0.5, 0.6) is 0 Å². The summed E-state index contributed by atoms with van der Waals surface area (Å²) in [6.07, 6.45) is 2.56. The van der Waals surface area contributed by atoms with Crippen molar-refractivity contribution >= 4 is 21.9 Å². The minimum atomic E-state index is -3.35. The van der Waals surface area contributed by atoms with E-state index in [-0.39, 0.29) is 24.0 Å². The standard InChI is InChI=1S/C12H16N2O6S/c1-21(18,19)13-6-8-4-5-9(20-8)11(15)14-10(12(16)17)7-2-3-7/h4-5,7,10,13H,2-3,6H2,1H3,(H,14,15)(H,16,17). The maximum Gasteiger partial charge on any atom is 0.326 e. The number of rotatable bonds is 7. The summed E-state index contributed by atoms with van der Waals surface area (Å²) in [6.45, 7) is -0.0723. The fraction of sp³-hybridized carbons (Fsp3) is 0.500. The zero-order chi connectivity index (χ0) is 15.6. The summed E-state index contributed by atoms with van der Waals surface area (Å²) in [7, 11) is -3.35. The van der Waals surface area contributed by atoms with Gasteiger partial charge in [0, 0.05) is 0 Å². The molecule has 1 atom stereocenters. The van der Waals surface area contributed by atoms with Crippen LogP contribution >= 0.6 is 0 Å². The number of aliphatic carboxylic acids is 1. The molecule has 1 aliphatic rings. The molecule has 21 heavy (non-hydrogen) atoms. The fourth-order valence-electron chi connectivity index (χ4n) is 1.82. The number of hydrogen-bond acceptors (Lipinski definition) is 5. The van der Waals surface area contributed by atoms with Crippen LogP contribution in [0.1, 0.15) is 29.2 Å². The Morgan fingerprint density at radius 2 is 2.10 bits per heavy atom. The number of nitrogens with one attached hydrogen (secondary N) is 2. The van der Waals surface area contributed by atoms with Crippen molar-refractivity contribution < 1.29 is 27.5 Å². The second-order valence-corrected chi connectivity index (χ2v) is 6.82. The molecule has 1 saturated carbocycles. The number of carbonyl (C=O) groups is 2. The Hall–Kier alpha value is -1.87. The van der Waals surface area contributed by atoms with Crippen molar-refractivity contribution in [2.45, 2.75) is 25.4 Å². The molecule has 1 aromatic heterocycles. The van der Waals surface area contributed by atoms with Gasteiger partial charge in [0.1, 0.15) is 11.8 Å². The summed E-state index contributed by atoms with van der Waals surface area (Å²) < 4.78 is 29.3. The fourth-order valence-corrected chi connectivity index (χ4v) is 2.22. The second-order valence-electron chi connectivity index (χ2n) is 4.99. The molecule has 2 rings (SSSR count). The Morgan fingerprint density at radius 3 is 2.62 bits per heavy atom. The predicted octanol–water partition coefficient (Wildman–Crippen LogP) is -0.0782. The number of carboxylic acids is 1. The molecule has 9 heteroatoms. The van der Waals surface area contributed by atoms with Crippen LogP contribution in [0.25, 0.3) is 0 Å². The van der Waals surface area contributed by atoms with Gasteiger partial charge in [0.25, 0.3) is 5.91 Å². The lowest BCUT2D eigenvalue weighted by Gasteiger charge is -2.12. The molecule has 1 fully saturated rings. The normalized spacial score (nSPS) is 16.4. The Kier molecular flexibility index (Phi) is 4.33. The van der Waals surface area contributed by atoms with Crippen LogP contribution in [0.2, 0.25) is 0 Å². The summed E-state index contributed by atoms with van der Waals surface area (Å²) in [5.74, 6) is -1.51. The summed E-state index contributed by atoms with van der Waals surface area (Å²) in [4.78, 5) is 22.9. The van der Waals surface area contributed by atoms with Crippen molar-refractivity contribution in [2.75, 3.05) is 6.26 Å². The first-order valence-corrected chi connectivity index (χ1v) is 8.22. The maximum atomic E-state index is 11.9. The monoisotopic (exact) mass is 316 g/mol. The molecule has 1 heterocycles. The van der Waals surface area contributed by atoms with E-state index in [0.29, 0.717) is 0 Å². The van der Waals surface area contributed by atoms with E-state index in [4.69, 9.17) is 9.52 Å². The van der Waals surface area contributed by atoms with E-state index in [1.165, 1.54) is 12.1 Å². The highest BCUT2D eigenvalue weighted by Crippen LogP contribution is 2.32. The smallest absolute Gasteiger partial charge is 0.326 e. The molecule has 1 aromatic rings. The second kappa shape index (κ2) is 5.86. The van der Waals surface area contributed by atoms with Crippen molar-refractivity contribution in [3.05, 3.63) is 23.7 Å². The first-order chi connectivity index (χ1) is 9.76. The van der Waals surface area contributed by atoms with Gasteiger partial charge in [-0.15, -0.1) is 0 Å². The lowest BCUT2D eigenvalue weighted by atomic mass is 10.2. The number of hydrogen-bond donors (Lipinski definition) is 3. The lowest BCUT2D eigenvalue weighted by Crippen LogP contribution is -2.42. The molecule has 0 saturated heterocycles. The number of furan rings is 1. The van der Waals surface area contributed by atoms with E-state index < -0.39 is 27.9 Å². The van der Waals surface area contributed by atoms with Crippen LogP contribution in [-0.2, 0) is 21.4 Å². The predicted molar refractivity (Wildman–Crippen MR) is 72.0 cm³/mol. The highest BCUT2D eigenvalue weighted by molar-refractivity contribution is 7.88. The van der Waals surface area contributed by atoms with Gasteiger partial charge < -0.3 is 14.8 Å². The largest absolute Gasteiger partial charge is 0.480 e. The Bertz CT molecular complexity index is 646. The van der Waals surface area contributed by atoms with Crippen LogP contribution in [-0.4, -0.2) is 37.7 Å². The van der Waals surface area contributed by atoms with Crippen molar-refractivity contribution in [1.82, 2.24) is 10.0 Å². The van der Waals surface area contributed by atoms with E-state index in [1.807, 2.05) is 0 Å². The quantitative estimate of drug-likeness (QED) is 0.646. The average molecular weight is 316 g/mol. The summed E-state index contributed by atoms with van der Waals surface area (Å²) in [5.41, 5.74) is 0. The molecule has 0 aromatic carbocycles. The first-order valence-electron chi connectivity index (χ1n) is 6.33. The molecule has 0 bridgehead atoms. The van der Waals surface area contributed by atoms with Crippen molar-refractivity contribution in [2.24, 2.45) is 5.92 Å². The van der Waals surface area contributed by atoms with Gasteiger partial charge in [-0.3, -0.25) is 4.79 Å². The van der Waals surface area contributed by atoms with Gasteiger partial charge >= 0.3 is 5.97 Å². The van der Waals surface area contributed by atoms with E-state index in [9.17, 15) is 18.0 Å². The lowest BCUT2D eigenvalue weighted by molar-refractivity contribution is -0.139. The third-order valence-electron chi connectivity index (χ3n) is 3.04. The van der Waals surface area contributed by atoms with Gasteiger partial charge in [0.15, 0.2) is 5.76 Å². The highest BCUT2D eigenvalue weighted by Gasteiger charge is 2.37. The van der Waals surface area contributed by atoms with Crippen LogP contribution in [0.15, 0.2) is 16.5 Å². The third kappa shape index (κ3) is 4.57. The van der Waals surface area contributed by atoms with Crippen LogP contribution in [0.4, 0.5) is 0 Å². The van der Waals surface area contributed by atoms with Crippen molar-refractivity contribution in [3.63, 3.8) is 0 Å². The number of sulfonamides is 1. The van der Waals surface area contributed by atoms with Crippen molar-refractivity contribution in [1.29, 1.82) is 0 Å². The van der Waals surface area contributed by atoms with E-state index in [2.05, 4.69) is 10.0 Å². The van der Waals surface area contributed by atoms with Crippen molar-refractivity contribution in [3.8, 4) is 0 Å². The Labute approximate surface area is 121 Å². The minimum absolute atomic E-state index is 0.0345. The van der Waals surface area contributed by atoms with Gasteiger partial charge in [0.05, 0.1) is 12.8 Å². The molecule has 1 aliphatic carbocycles. The zero-order valence-electron chi connectivity index (χ0n) is 11.3. The highest BCUT2D eigenvalue weighted by atomic mass is 32.2. The van der Waals surface area contributed by atoms with E-state index in [0.717, 1.165) is 19.1 Å². The number of carbonyl (C=O) groups excluding carboxylic acids is 1. The van der Waals surface area contributed by atoms with Gasteiger partial charge in [-0.1, -0.05) is 0 Å². The maximum absolute atomic E-state index is 11.9. The van der Waals surface area contributed by atoms with E-state index in [1.54, 1.807) is 0 Å². The molecule has 8 nitrogen and oxygen atoms in total. The molecule has 0 aliphatic heterocycles. The van der Waals surface area contributed by atoms with Crippen LogP contribution in [0, 0.1) is 5.92 Å². The zero-order valence-corrected chi connectivity index (χ0v) is 12.1. The number of amides is 1. The molecule has 0 spiro atoms. The molecule has 0 radical (unpaired) electrons. The van der Waals surface area contributed by atoms with Gasteiger partial charge in [0.2, 0.25) is 10.0 Å². The van der Waals surface area contributed by atoms with Gasteiger partial charge in [-0.2, -0.15) is 0 Å². The topological polar surface area (TPSA) is 126 Å². The first kappa shape index (κ1) is 15.5. The third-order valence-corrected chi connectivity index (χ3v) is 3.71. The van der Waals surface area contributed by atoms with Crippen LogP contribution < -0.4 is 10.0 Å².